The number of carbonyl (C=O) groups excluding carboxylic acids is 1. The van der Waals surface area contributed by atoms with Gasteiger partial charge in [-0.2, -0.15) is 5.10 Å². The van der Waals surface area contributed by atoms with Gasteiger partial charge >= 0.3 is 0 Å². The summed E-state index contributed by atoms with van der Waals surface area (Å²) in [5, 5.41) is 9.37. The van der Waals surface area contributed by atoms with Gasteiger partial charge in [0.25, 0.3) is 5.91 Å². The Labute approximate surface area is 103 Å². The van der Waals surface area contributed by atoms with Crippen molar-refractivity contribution in [1.82, 2.24) is 10.2 Å². The SMILES string of the molecule is Cc1n[nH]c(C)c1NC(=O)c1cc(F)ccc1N. The van der Waals surface area contributed by atoms with Crippen molar-refractivity contribution in [3.63, 3.8) is 0 Å². The van der Waals surface area contributed by atoms with Crippen LogP contribution < -0.4 is 11.1 Å². The first-order chi connectivity index (χ1) is 8.49. The van der Waals surface area contributed by atoms with Crippen LogP contribution in [-0.2, 0) is 0 Å². The Balaban J connectivity index is 2.30. The molecule has 4 N–H and O–H groups in total. The zero-order valence-corrected chi connectivity index (χ0v) is 10.0. The zero-order valence-electron chi connectivity index (χ0n) is 10.0. The predicted molar refractivity (Wildman–Crippen MR) is 66.8 cm³/mol. The van der Waals surface area contributed by atoms with Crippen LogP contribution >= 0.6 is 0 Å². The van der Waals surface area contributed by atoms with Crippen molar-refractivity contribution in [3.8, 4) is 0 Å². The number of nitrogens with zero attached hydrogens (tertiary/aromatic N) is 1. The van der Waals surface area contributed by atoms with Crippen LogP contribution in [0, 0.1) is 19.7 Å². The number of halogens is 1. The smallest absolute Gasteiger partial charge is 0.257 e. The summed E-state index contributed by atoms with van der Waals surface area (Å²) in [7, 11) is 0. The lowest BCUT2D eigenvalue weighted by atomic mass is 10.1. The molecule has 1 heterocycles. The van der Waals surface area contributed by atoms with Crippen LogP contribution in [0.1, 0.15) is 21.7 Å². The van der Waals surface area contributed by atoms with E-state index in [2.05, 4.69) is 15.5 Å². The summed E-state index contributed by atoms with van der Waals surface area (Å²) in [6.07, 6.45) is 0. The lowest BCUT2D eigenvalue weighted by molar-refractivity contribution is 0.102. The zero-order chi connectivity index (χ0) is 13.3. The van der Waals surface area contributed by atoms with Gasteiger partial charge in [0.2, 0.25) is 0 Å². The molecule has 0 saturated heterocycles. The van der Waals surface area contributed by atoms with E-state index in [1.807, 2.05) is 0 Å². The number of aryl methyl sites for hydroxylation is 2. The number of nitrogen functional groups attached to an aromatic ring is 1. The molecule has 0 radical (unpaired) electrons. The second-order valence-electron chi connectivity index (χ2n) is 3.99. The van der Waals surface area contributed by atoms with Crippen molar-refractivity contribution in [3.05, 3.63) is 41.0 Å². The van der Waals surface area contributed by atoms with Gasteiger partial charge in [-0.05, 0) is 32.0 Å². The molecule has 0 aliphatic carbocycles. The van der Waals surface area contributed by atoms with Gasteiger partial charge in [0.05, 0.1) is 22.6 Å². The van der Waals surface area contributed by atoms with Gasteiger partial charge in [0, 0.05) is 5.69 Å². The van der Waals surface area contributed by atoms with E-state index in [-0.39, 0.29) is 11.3 Å². The Morgan fingerprint density at radius 1 is 1.44 bits per heavy atom. The number of hydrogen-bond donors (Lipinski definition) is 3. The molecule has 94 valence electrons. The van der Waals surface area contributed by atoms with E-state index in [9.17, 15) is 9.18 Å². The number of amides is 1. The Morgan fingerprint density at radius 2 is 2.17 bits per heavy atom. The van der Waals surface area contributed by atoms with E-state index in [0.717, 1.165) is 11.8 Å². The van der Waals surface area contributed by atoms with Crippen molar-refractivity contribution in [2.75, 3.05) is 11.1 Å². The molecule has 0 bridgehead atoms. The van der Waals surface area contributed by atoms with E-state index < -0.39 is 11.7 Å². The Kier molecular flexibility index (Phi) is 3.01. The quantitative estimate of drug-likeness (QED) is 0.711. The molecule has 5 nitrogen and oxygen atoms in total. The molecule has 1 aromatic carbocycles. The third-order valence-electron chi connectivity index (χ3n) is 2.63. The van der Waals surface area contributed by atoms with Crippen LogP contribution in [-0.4, -0.2) is 16.1 Å². The molecule has 1 amide bonds. The predicted octanol–water partition coefficient (Wildman–Crippen LogP) is 2.00. The van der Waals surface area contributed by atoms with E-state index in [1.54, 1.807) is 13.8 Å². The fourth-order valence-electron chi connectivity index (χ4n) is 1.64. The molecule has 0 saturated carbocycles. The average molecular weight is 248 g/mol. The van der Waals surface area contributed by atoms with Crippen LogP contribution in [0.3, 0.4) is 0 Å². The maximum atomic E-state index is 13.1. The van der Waals surface area contributed by atoms with Crippen LogP contribution in [0.5, 0.6) is 0 Å². The highest BCUT2D eigenvalue weighted by Gasteiger charge is 2.14. The van der Waals surface area contributed by atoms with Crippen LogP contribution in [0.4, 0.5) is 15.8 Å². The fourth-order valence-corrected chi connectivity index (χ4v) is 1.64. The van der Waals surface area contributed by atoms with E-state index in [0.29, 0.717) is 11.4 Å². The molecular weight excluding hydrogens is 235 g/mol. The summed E-state index contributed by atoms with van der Waals surface area (Å²) in [6, 6.07) is 3.68. The molecule has 1 aromatic heterocycles. The monoisotopic (exact) mass is 248 g/mol. The molecule has 0 aliphatic rings. The summed E-state index contributed by atoms with van der Waals surface area (Å²) >= 11 is 0. The first-order valence-corrected chi connectivity index (χ1v) is 5.37. The summed E-state index contributed by atoms with van der Waals surface area (Å²) in [4.78, 5) is 12.0. The van der Waals surface area contributed by atoms with Gasteiger partial charge in [-0.25, -0.2) is 4.39 Å². The summed E-state index contributed by atoms with van der Waals surface area (Å²) in [5.74, 6) is -0.963. The van der Waals surface area contributed by atoms with Gasteiger partial charge < -0.3 is 11.1 Å². The number of aromatic nitrogens is 2. The minimum atomic E-state index is -0.505. The van der Waals surface area contributed by atoms with Gasteiger partial charge in [-0.3, -0.25) is 9.89 Å². The normalized spacial score (nSPS) is 10.4. The van der Waals surface area contributed by atoms with Crippen molar-refractivity contribution in [1.29, 1.82) is 0 Å². The lowest BCUT2D eigenvalue weighted by Gasteiger charge is -2.07. The second-order valence-corrected chi connectivity index (χ2v) is 3.99. The third kappa shape index (κ3) is 2.17. The summed E-state index contributed by atoms with van der Waals surface area (Å²) < 4.78 is 13.1. The average Bonchev–Trinajstić information content (AvgIpc) is 2.64. The molecule has 2 aromatic rings. The number of hydrogen-bond acceptors (Lipinski definition) is 3. The van der Waals surface area contributed by atoms with Crippen molar-refractivity contribution in [2.24, 2.45) is 0 Å². The van der Waals surface area contributed by atoms with E-state index in [4.69, 9.17) is 5.73 Å². The molecule has 0 unspecified atom stereocenters. The molecule has 18 heavy (non-hydrogen) atoms. The fraction of sp³-hybridized carbons (Fsp3) is 0.167. The maximum Gasteiger partial charge on any atom is 0.257 e. The highest BCUT2D eigenvalue weighted by atomic mass is 19.1. The van der Waals surface area contributed by atoms with Gasteiger partial charge in [0.1, 0.15) is 5.82 Å². The number of carbonyl (C=O) groups is 1. The first kappa shape index (κ1) is 12.1. The van der Waals surface area contributed by atoms with Gasteiger partial charge in [0.15, 0.2) is 0 Å². The molecular formula is C12H13FN4O. The van der Waals surface area contributed by atoms with Gasteiger partial charge in [-0.15, -0.1) is 0 Å². The van der Waals surface area contributed by atoms with E-state index >= 15 is 0 Å². The molecule has 0 aliphatic heterocycles. The number of rotatable bonds is 2. The molecule has 6 heteroatoms. The Hall–Kier alpha value is -2.37. The Morgan fingerprint density at radius 3 is 2.78 bits per heavy atom. The number of aromatic amines is 1. The van der Waals surface area contributed by atoms with Crippen LogP contribution in [0.2, 0.25) is 0 Å². The number of nitrogens with two attached hydrogens (primary N) is 1. The summed E-state index contributed by atoms with van der Waals surface area (Å²) in [6.45, 7) is 3.54. The van der Waals surface area contributed by atoms with Crippen molar-refractivity contribution >= 4 is 17.3 Å². The number of anilines is 2. The molecule has 0 spiro atoms. The first-order valence-electron chi connectivity index (χ1n) is 5.37. The molecule has 0 fully saturated rings. The topological polar surface area (TPSA) is 83.8 Å². The highest BCUT2D eigenvalue weighted by molar-refractivity contribution is 6.08. The van der Waals surface area contributed by atoms with Crippen molar-refractivity contribution in [2.45, 2.75) is 13.8 Å². The largest absolute Gasteiger partial charge is 0.398 e. The number of benzene rings is 1. The van der Waals surface area contributed by atoms with Crippen LogP contribution in [0.15, 0.2) is 18.2 Å². The van der Waals surface area contributed by atoms with Crippen molar-refractivity contribution < 1.29 is 9.18 Å². The van der Waals surface area contributed by atoms with Crippen LogP contribution in [0.25, 0.3) is 0 Å². The Bertz CT molecular complexity index is 587. The number of H-pyrrole nitrogens is 1. The summed E-state index contributed by atoms with van der Waals surface area (Å²) in [5.41, 5.74) is 7.96. The molecule has 2 rings (SSSR count). The molecule has 0 atom stereocenters. The second kappa shape index (κ2) is 4.48. The van der Waals surface area contributed by atoms with Gasteiger partial charge in [-0.1, -0.05) is 0 Å². The highest BCUT2D eigenvalue weighted by Crippen LogP contribution is 2.19. The number of nitrogens with one attached hydrogen (secondary N) is 2. The standard InChI is InChI=1S/C12H13FN4O/c1-6-11(7(2)17-16-6)15-12(18)9-5-8(13)3-4-10(9)14/h3-5H,14H2,1-2H3,(H,15,18)(H,16,17). The minimum absolute atomic E-state index is 0.106. The van der Waals surface area contributed by atoms with E-state index in [1.165, 1.54) is 12.1 Å². The lowest BCUT2D eigenvalue weighted by Crippen LogP contribution is -2.15. The minimum Gasteiger partial charge on any atom is -0.398 e. The maximum absolute atomic E-state index is 13.1. The third-order valence-corrected chi connectivity index (χ3v) is 2.63.